The molecule has 2 aromatic rings. The molecule has 3 heterocycles. The molecule has 3 atom stereocenters. The molecule has 0 bridgehead atoms. The molecule has 3 rings (SSSR count). The minimum atomic E-state index is -4.82. The Kier molecular flexibility index (Phi) is 8.33. The Bertz CT molecular complexity index is 1070. The average molecular weight is 541 g/mol. The Morgan fingerprint density at radius 2 is 2.12 bits per heavy atom. The molecule has 1 fully saturated rings. The summed E-state index contributed by atoms with van der Waals surface area (Å²) in [5, 5.41) is 41.3. The third-order valence-corrected chi connectivity index (χ3v) is 7.33. The lowest BCUT2D eigenvalue weighted by Gasteiger charge is -2.35. The Hall–Kier alpha value is -1.68. The van der Waals surface area contributed by atoms with E-state index < -0.39 is 44.8 Å². The van der Waals surface area contributed by atoms with Crippen molar-refractivity contribution in [1.82, 2.24) is 25.1 Å². The highest BCUT2D eigenvalue weighted by atomic mass is 35.5. The second kappa shape index (κ2) is 10.5. The second-order valence-electron chi connectivity index (χ2n) is 7.91. The summed E-state index contributed by atoms with van der Waals surface area (Å²) in [5.41, 5.74) is -1.17. The van der Waals surface area contributed by atoms with Gasteiger partial charge in [-0.2, -0.15) is 0 Å². The van der Waals surface area contributed by atoms with Crippen molar-refractivity contribution in [2.75, 3.05) is 24.6 Å². The van der Waals surface area contributed by atoms with Gasteiger partial charge in [-0.3, -0.25) is 13.9 Å². The molecule has 1 aliphatic heterocycles. The van der Waals surface area contributed by atoms with Crippen molar-refractivity contribution in [2.24, 2.45) is 0 Å². The summed E-state index contributed by atoms with van der Waals surface area (Å²) in [7, 11) is -4.82. The van der Waals surface area contributed by atoms with E-state index in [1.807, 2.05) is 0 Å². The number of rotatable bonds is 9. The van der Waals surface area contributed by atoms with Crippen LogP contribution in [0.15, 0.2) is 0 Å². The number of hydrogen-bond acceptors (Lipinski definition) is 11. The summed E-state index contributed by atoms with van der Waals surface area (Å²) >= 11 is 7.28. The van der Waals surface area contributed by atoms with Gasteiger partial charge in [0.25, 0.3) is 5.91 Å². The van der Waals surface area contributed by atoms with Crippen LogP contribution in [-0.4, -0.2) is 82.6 Å². The average Bonchev–Trinajstić information content (AvgIpc) is 3.38. The maximum absolute atomic E-state index is 12.9. The van der Waals surface area contributed by atoms with Gasteiger partial charge in [0.05, 0.1) is 24.4 Å². The minimum Gasteiger partial charge on any atom is -0.393 e. The van der Waals surface area contributed by atoms with Crippen molar-refractivity contribution in [1.29, 1.82) is 0 Å². The maximum Gasteiger partial charge on any atom is 0.471 e. The second-order valence-corrected chi connectivity index (χ2v) is 10.5. The van der Waals surface area contributed by atoms with E-state index in [2.05, 4.69) is 25.0 Å². The zero-order valence-corrected chi connectivity index (χ0v) is 20.8. The van der Waals surface area contributed by atoms with E-state index in [1.54, 1.807) is 11.8 Å². The lowest BCUT2D eigenvalue weighted by Crippen LogP contribution is -2.54. The number of carbonyl (C=O) groups excluding carboxylic acids is 1. The number of imidazole rings is 1. The van der Waals surface area contributed by atoms with Gasteiger partial charge >= 0.3 is 7.82 Å². The highest BCUT2D eigenvalue weighted by molar-refractivity contribution is 7.46. The van der Waals surface area contributed by atoms with Crippen LogP contribution in [0.2, 0.25) is 5.15 Å². The van der Waals surface area contributed by atoms with Gasteiger partial charge in [-0.15, -0.1) is 10.2 Å². The third-order valence-electron chi connectivity index (χ3n) is 5.22. The minimum absolute atomic E-state index is 0.0160. The highest BCUT2D eigenvalue weighted by Gasteiger charge is 2.34. The van der Waals surface area contributed by atoms with Crippen LogP contribution in [0.5, 0.6) is 0 Å². The number of phosphoric acid groups is 1. The van der Waals surface area contributed by atoms with Crippen molar-refractivity contribution in [3.8, 4) is 0 Å². The first-order valence-corrected chi connectivity index (χ1v) is 12.9. The van der Waals surface area contributed by atoms with E-state index in [-0.39, 0.29) is 22.5 Å². The van der Waals surface area contributed by atoms with Gasteiger partial charge in [0.1, 0.15) is 17.5 Å². The molecule has 0 radical (unpaired) electrons. The molecular weight excluding hydrogens is 515 g/mol. The molecule has 1 saturated heterocycles. The van der Waals surface area contributed by atoms with Crippen LogP contribution in [-0.2, 0) is 27.8 Å². The fourth-order valence-corrected chi connectivity index (χ4v) is 4.75. The molecule has 0 unspecified atom stereocenters. The van der Waals surface area contributed by atoms with E-state index in [9.17, 15) is 24.7 Å². The Labute approximate surface area is 203 Å². The number of halogens is 1. The number of aromatic nitrogens is 4. The maximum atomic E-state index is 12.9. The standard InChI is InChI=1S/C17H26ClN6O8PS/c1-3-9-12(18)24(8-32-33(29,30)31)13(19-9)14(27)20-10-4-5-23(6-11(10)26)16-22-21-15(34-16)17(2,28)7-25/h10-11,25-26,28H,3-8H2,1-2H3,(H,20,27)(H2,29,30,31)/t10-,11+,17-/m1/s1. The number of nitrogens with zero attached hydrogens (tertiary/aromatic N) is 5. The number of hydrogen-bond donors (Lipinski definition) is 6. The first-order chi connectivity index (χ1) is 15.9. The lowest BCUT2D eigenvalue weighted by molar-refractivity contribution is -0.00295. The van der Waals surface area contributed by atoms with Crippen molar-refractivity contribution >= 4 is 41.8 Å². The molecule has 14 nitrogen and oxygen atoms in total. The Morgan fingerprint density at radius 3 is 2.71 bits per heavy atom. The van der Waals surface area contributed by atoms with Crippen molar-refractivity contribution in [3.05, 3.63) is 21.7 Å². The van der Waals surface area contributed by atoms with E-state index in [0.29, 0.717) is 30.2 Å². The molecule has 0 aliphatic carbocycles. The van der Waals surface area contributed by atoms with Gasteiger partial charge in [-0.1, -0.05) is 29.9 Å². The largest absolute Gasteiger partial charge is 0.471 e. The molecule has 2 aromatic heterocycles. The predicted octanol–water partition coefficient (Wildman–Crippen LogP) is -0.413. The molecule has 34 heavy (non-hydrogen) atoms. The molecule has 1 amide bonds. The number of phosphoric ester groups is 1. The van der Waals surface area contributed by atoms with Crippen LogP contribution < -0.4 is 10.2 Å². The van der Waals surface area contributed by atoms with Crippen molar-refractivity contribution < 1.29 is 39.0 Å². The lowest BCUT2D eigenvalue weighted by atomic mass is 10.0. The fourth-order valence-electron chi connectivity index (χ4n) is 3.27. The highest BCUT2D eigenvalue weighted by Crippen LogP contribution is 2.37. The van der Waals surface area contributed by atoms with E-state index in [4.69, 9.17) is 21.4 Å². The van der Waals surface area contributed by atoms with Crippen LogP contribution >= 0.6 is 30.8 Å². The van der Waals surface area contributed by atoms with Crippen LogP contribution in [0.25, 0.3) is 0 Å². The summed E-state index contributed by atoms with van der Waals surface area (Å²) in [6.45, 7) is 2.50. The number of β-amino-alcohol motifs (C(OH)–C–C–N with tert-alkyl or cyclic N) is 1. The number of aliphatic hydroxyl groups excluding tert-OH is 2. The molecule has 6 N–H and O–H groups in total. The first kappa shape index (κ1) is 26.9. The van der Waals surface area contributed by atoms with Gasteiger partial charge < -0.3 is 35.3 Å². The first-order valence-electron chi connectivity index (χ1n) is 10.2. The van der Waals surface area contributed by atoms with Gasteiger partial charge in [0.2, 0.25) is 11.0 Å². The summed E-state index contributed by atoms with van der Waals surface area (Å²) < 4.78 is 16.6. The van der Waals surface area contributed by atoms with Gasteiger partial charge in [0.15, 0.2) is 5.01 Å². The van der Waals surface area contributed by atoms with Gasteiger partial charge in [0, 0.05) is 13.1 Å². The zero-order valence-electron chi connectivity index (χ0n) is 18.3. The van der Waals surface area contributed by atoms with Crippen LogP contribution in [0.1, 0.15) is 41.6 Å². The van der Waals surface area contributed by atoms with Crippen molar-refractivity contribution in [3.63, 3.8) is 0 Å². The summed E-state index contributed by atoms with van der Waals surface area (Å²) in [4.78, 5) is 36.7. The number of carbonyl (C=O) groups is 1. The normalized spacial score (nSPS) is 20.9. The molecule has 190 valence electrons. The topological polar surface area (TPSA) is 203 Å². The monoisotopic (exact) mass is 540 g/mol. The third kappa shape index (κ3) is 6.11. The Morgan fingerprint density at radius 1 is 1.41 bits per heavy atom. The predicted molar refractivity (Wildman–Crippen MR) is 120 cm³/mol. The number of anilines is 1. The summed E-state index contributed by atoms with van der Waals surface area (Å²) in [6, 6.07) is -0.645. The van der Waals surface area contributed by atoms with E-state index in [0.717, 1.165) is 15.9 Å². The SMILES string of the molecule is CCc1nc(C(=O)N[C@@H]2CCN(c3nnc([C@](C)(O)CO)s3)C[C@@H]2O)n(COP(=O)(O)O)c1Cl. The number of aliphatic hydroxyl groups is 3. The molecule has 17 heteroatoms. The molecule has 0 aromatic carbocycles. The number of nitrogens with one attached hydrogen (secondary N) is 1. The number of amides is 1. The van der Waals surface area contributed by atoms with Crippen LogP contribution in [0.4, 0.5) is 5.13 Å². The van der Waals surface area contributed by atoms with Gasteiger partial charge in [-0.25, -0.2) is 9.55 Å². The molecule has 1 aliphatic rings. The molecular formula is C17H26ClN6O8PS. The van der Waals surface area contributed by atoms with Crippen molar-refractivity contribution in [2.45, 2.75) is 51.2 Å². The zero-order chi connectivity index (χ0) is 25.3. The van der Waals surface area contributed by atoms with E-state index in [1.165, 1.54) is 6.92 Å². The fraction of sp³-hybridized carbons (Fsp3) is 0.647. The smallest absolute Gasteiger partial charge is 0.393 e. The molecule has 0 saturated carbocycles. The Balaban J connectivity index is 1.68. The van der Waals surface area contributed by atoms with Crippen LogP contribution in [0.3, 0.4) is 0 Å². The summed E-state index contributed by atoms with van der Waals surface area (Å²) in [5.74, 6) is -0.893. The number of aryl methyl sites for hydroxylation is 1. The number of piperidine rings is 1. The van der Waals surface area contributed by atoms with E-state index >= 15 is 0 Å². The molecule has 0 spiro atoms. The quantitative estimate of drug-likeness (QED) is 0.225. The van der Waals surface area contributed by atoms with Crippen LogP contribution in [0, 0.1) is 0 Å². The summed E-state index contributed by atoms with van der Waals surface area (Å²) in [6.07, 6.45) is -0.276. The van der Waals surface area contributed by atoms with Gasteiger partial charge in [-0.05, 0) is 19.8 Å².